The molecule has 0 aliphatic heterocycles. The number of rotatable bonds is 6. The lowest BCUT2D eigenvalue weighted by Crippen LogP contribution is -2.34. The third kappa shape index (κ3) is 3.51. The molecule has 0 saturated carbocycles. The molecule has 0 amide bonds. The van der Waals surface area contributed by atoms with Gasteiger partial charge in [0.1, 0.15) is 0 Å². The number of aromatic nitrogens is 1. The molecule has 3 rings (SSSR count). The second-order valence-corrected chi connectivity index (χ2v) is 5.35. The molecule has 108 valence electrons. The zero-order valence-electron chi connectivity index (χ0n) is 11.9. The van der Waals surface area contributed by atoms with Crippen LogP contribution in [0, 0.1) is 0 Å². The van der Waals surface area contributed by atoms with E-state index in [1.807, 2.05) is 24.4 Å². The molecule has 0 aliphatic rings. The average Bonchev–Trinajstić information content (AvgIpc) is 3.00. The summed E-state index contributed by atoms with van der Waals surface area (Å²) in [6, 6.07) is 18.8. The van der Waals surface area contributed by atoms with E-state index >= 15 is 0 Å². The molecule has 0 saturated heterocycles. The summed E-state index contributed by atoms with van der Waals surface area (Å²) in [5.74, 6) is 0. The van der Waals surface area contributed by atoms with E-state index in [0.717, 1.165) is 18.5 Å². The molecule has 3 aromatic rings. The van der Waals surface area contributed by atoms with E-state index in [0.29, 0.717) is 0 Å². The number of aliphatic hydroxyl groups excluding tert-OH is 1. The third-order valence-electron chi connectivity index (χ3n) is 3.76. The standard InChI is InChI=1S/C18H20N2O/c21-13-17(11-14-4-2-1-3-5-14)20-12-15-6-7-18-16(10-15)8-9-19-18/h1-10,17,19-21H,11-13H2. The van der Waals surface area contributed by atoms with Gasteiger partial charge in [-0.15, -0.1) is 0 Å². The van der Waals surface area contributed by atoms with Crippen LogP contribution in [-0.2, 0) is 13.0 Å². The van der Waals surface area contributed by atoms with Gasteiger partial charge in [0.05, 0.1) is 6.61 Å². The van der Waals surface area contributed by atoms with E-state index in [4.69, 9.17) is 0 Å². The van der Waals surface area contributed by atoms with Gasteiger partial charge in [-0.2, -0.15) is 0 Å². The van der Waals surface area contributed by atoms with Crippen molar-refractivity contribution in [3.63, 3.8) is 0 Å². The lowest BCUT2D eigenvalue weighted by molar-refractivity contribution is 0.241. The van der Waals surface area contributed by atoms with Crippen LogP contribution in [0.4, 0.5) is 0 Å². The van der Waals surface area contributed by atoms with Crippen molar-refractivity contribution in [1.29, 1.82) is 0 Å². The lowest BCUT2D eigenvalue weighted by Gasteiger charge is -2.16. The van der Waals surface area contributed by atoms with Crippen LogP contribution in [-0.4, -0.2) is 22.7 Å². The zero-order valence-corrected chi connectivity index (χ0v) is 11.9. The molecule has 3 N–H and O–H groups in total. The third-order valence-corrected chi connectivity index (χ3v) is 3.76. The van der Waals surface area contributed by atoms with Gasteiger partial charge in [-0.1, -0.05) is 36.4 Å². The molecule has 0 aliphatic carbocycles. The summed E-state index contributed by atoms with van der Waals surface area (Å²) < 4.78 is 0. The minimum absolute atomic E-state index is 0.0781. The summed E-state index contributed by atoms with van der Waals surface area (Å²) in [7, 11) is 0. The van der Waals surface area contributed by atoms with Crippen molar-refractivity contribution in [2.75, 3.05) is 6.61 Å². The fraction of sp³-hybridized carbons (Fsp3) is 0.222. The molecule has 1 atom stereocenters. The maximum absolute atomic E-state index is 9.54. The summed E-state index contributed by atoms with van der Waals surface area (Å²) in [5.41, 5.74) is 3.63. The molecule has 1 aromatic heterocycles. The van der Waals surface area contributed by atoms with Crippen LogP contribution in [0.1, 0.15) is 11.1 Å². The molecule has 1 unspecified atom stereocenters. The quantitative estimate of drug-likeness (QED) is 0.650. The summed E-state index contributed by atoms with van der Waals surface area (Å²) >= 11 is 0. The Kier molecular flexibility index (Phi) is 4.34. The van der Waals surface area contributed by atoms with E-state index in [2.05, 4.69) is 46.7 Å². The number of aromatic amines is 1. The average molecular weight is 280 g/mol. The van der Waals surface area contributed by atoms with E-state index in [1.54, 1.807) is 0 Å². The van der Waals surface area contributed by atoms with Gasteiger partial charge in [0.2, 0.25) is 0 Å². The Morgan fingerprint density at radius 2 is 1.86 bits per heavy atom. The fourth-order valence-electron chi connectivity index (χ4n) is 2.57. The Bertz CT molecular complexity index is 691. The predicted molar refractivity (Wildman–Crippen MR) is 86.2 cm³/mol. The topological polar surface area (TPSA) is 48.0 Å². The summed E-state index contributed by atoms with van der Waals surface area (Å²) in [5, 5.41) is 14.2. The zero-order chi connectivity index (χ0) is 14.5. The molecule has 1 heterocycles. The first-order valence-electron chi connectivity index (χ1n) is 7.29. The molecule has 0 radical (unpaired) electrons. The Morgan fingerprint density at radius 1 is 1.00 bits per heavy atom. The van der Waals surface area contributed by atoms with Crippen LogP contribution >= 0.6 is 0 Å². The van der Waals surface area contributed by atoms with Crippen LogP contribution in [0.5, 0.6) is 0 Å². The highest BCUT2D eigenvalue weighted by molar-refractivity contribution is 5.79. The second-order valence-electron chi connectivity index (χ2n) is 5.35. The molecule has 0 spiro atoms. The van der Waals surface area contributed by atoms with E-state index in [9.17, 15) is 5.11 Å². The number of hydrogen-bond donors (Lipinski definition) is 3. The molecule has 2 aromatic carbocycles. The monoisotopic (exact) mass is 280 g/mol. The van der Waals surface area contributed by atoms with Crippen LogP contribution in [0.3, 0.4) is 0 Å². The smallest absolute Gasteiger partial charge is 0.0587 e. The summed E-state index contributed by atoms with van der Waals surface area (Å²) in [6.07, 6.45) is 2.79. The molecule has 3 nitrogen and oxygen atoms in total. The highest BCUT2D eigenvalue weighted by Crippen LogP contribution is 2.14. The Balaban J connectivity index is 1.61. The van der Waals surface area contributed by atoms with Crippen LogP contribution in [0.2, 0.25) is 0 Å². The van der Waals surface area contributed by atoms with Gasteiger partial charge in [0.25, 0.3) is 0 Å². The fourth-order valence-corrected chi connectivity index (χ4v) is 2.57. The summed E-state index contributed by atoms with van der Waals surface area (Å²) in [6.45, 7) is 0.903. The van der Waals surface area contributed by atoms with Gasteiger partial charge in [-0.05, 0) is 41.1 Å². The second kappa shape index (κ2) is 6.57. The van der Waals surface area contributed by atoms with E-state index in [-0.39, 0.29) is 12.6 Å². The summed E-state index contributed by atoms with van der Waals surface area (Å²) in [4.78, 5) is 3.20. The lowest BCUT2D eigenvalue weighted by atomic mass is 10.1. The number of hydrogen-bond acceptors (Lipinski definition) is 2. The highest BCUT2D eigenvalue weighted by atomic mass is 16.3. The van der Waals surface area contributed by atoms with Crippen molar-refractivity contribution in [2.24, 2.45) is 0 Å². The maximum Gasteiger partial charge on any atom is 0.0587 e. The Morgan fingerprint density at radius 3 is 2.67 bits per heavy atom. The largest absolute Gasteiger partial charge is 0.395 e. The highest BCUT2D eigenvalue weighted by Gasteiger charge is 2.08. The van der Waals surface area contributed by atoms with Crippen LogP contribution in [0.15, 0.2) is 60.8 Å². The van der Waals surface area contributed by atoms with Gasteiger partial charge in [-0.3, -0.25) is 0 Å². The Labute approximate surface area is 124 Å². The number of benzene rings is 2. The van der Waals surface area contributed by atoms with Crippen LogP contribution in [0.25, 0.3) is 10.9 Å². The molecule has 0 fully saturated rings. The number of H-pyrrole nitrogens is 1. The molecule has 0 bridgehead atoms. The van der Waals surface area contributed by atoms with E-state index in [1.165, 1.54) is 16.5 Å². The van der Waals surface area contributed by atoms with Gasteiger partial charge < -0.3 is 15.4 Å². The van der Waals surface area contributed by atoms with Gasteiger partial charge in [0.15, 0.2) is 0 Å². The van der Waals surface area contributed by atoms with Crippen molar-refractivity contribution in [3.8, 4) is 0 Å². The number of nitrogens with one attached hydrogen (secondary N) is 2. The first-order valence-corrected chi connectivity index (χ1v) is 7.29. The van der Waals surface area contributed by atoms with Gasteiger partial charge in [-0.25, -0.2) is 0 Å². The van der Waals surface area contributed by atoms with Gasteiger partial charge in [0, 0.05) is 24.3 Å². The minimum atomic E-state index is 0.0781. The number of fused-ring (bicyclic) bond motifs is 1. The Hall–Kier alpha value is -2.10. The van der Waals surface area contributed by atoms with Gasteiger partial charge >= 0.3 is 0 Å². The van der Waals surface area contributed by atoms with Crippen molar-refractivity contribution in [1.82, 2.24) is 10.3 Å². The molecular formula is C18H20N2O. The van der Waals surface area contributed by atoms with Crippen molar-refractivity contribution >= 4 is 10.9 Å². The van der Waals surface area contributed by atoms with Crippen LogP contribution < -0.4 is 5.32 Å². The molecule has 3 heteroatoms. The molecular weight excluding hydrogens is 260 g/mol. The van der Waals surface area contributed by atoms with Crippen molar-refractivity contribution in [2.45, 2.75) is 19.0 Å². The first-order chi connectivity index (χ1) is 10.3. The SMILES string of the molecule is OCC(Cc1ccccc1)NCc1ccc2[nH]ccc2c1. The van der Waals surface area contributed by atoms with Crippen molar-refractivity contribution in [3.05, 3.63) is 71.9 Å². The maximum atomic E-state index is 9.54. The molecule has 21 heavy (non-hydrogen) atoms. The normalized spacial score (nSPS) is 12.6. The predicted octanol–water partition coefficient (Wildman–Crippen LogP) is 2.86. The minimum Gasteiger partial charge on any atom is -0.395 e. The number of aliphatic hydroxyl groups is 1. The first kappa shape index (κ1) is 13.9. The van der Waals surface area contributed by atoms with Crippen molar-refractivity contribution < 1.29 is 5.11 Å². The van der Waals surface area contributed by atoms with E-state index < -0.39 is 0 Å².